The van der Waals surface area contributed by atoms with E-state index in [1.165, 1.54) is 25.7 Å². The SMILES string of the molecule is CCCCCCCCNC(=O)NC(C)(C)CCC(=O)O. The molecular weight excluding hydrogens is 256 g/mol. The maximum absolute atomic E-state index is 11.7. The molecule has 0 aliphatic heterocycles. The van der Waals surface area contributed by atoms with Crippen molar-refractivity contribution in [3.63, 3.8) is 0 Å². The lowest BCUT2D eigenvalue weighted by Gasteiger charge is -2.25. The Balaban J connectivity index is 3.63. The number of aliphatic carboxylic acids is 1. The molecule has 0 aromatic carbocycles. The van der Waals surface area contributed by atoms with E-state index in [2.05, 4.69) is 17.6 Å². The molecule has 118 valence electrons. The first kappa shape index (κ1) is 18.7. The van der Waals surface area contributed by atoms with Gasteiger partial charge in [-0.25, -0.2) is 4.79 Å². The first-order valence-corrected chi connectivity index (χ1v) is 7.65. The molecule has 5 heteroatoms. The van der Waals surface area contributed by atoms with Gasteiger partial charge in [0, 0.05) is 18.5 Å². The number of hydrogen-bond donors (Lipinski definition) is 3. The molecule has 20 heavy (non-hydrogen) atoms. The van der Waals surface area contributed by atoms with Gasteiger partial charge in [0.25, 0.3) is 0 Å². The molecule has 5 nitrogen and oxygen atoms in total. The molecule has 0 aliphatic carbocycles. The van der Waals surface area contributed by atoms with E-state index in [0.717, 1.165) is 12.8 Å². The number of carbonyl (C=O) groups excluding carboxylic acids is 1. The van der Waals surface area contributed by atoms with Gasteiger partial charge >= 0.3 is 12.0 Å². The maximum Gasteiger partial charge on any atom is 0.315 e. The van der Waals surface area contributed by atoms with Gasteiger partial charge in [-0.05, 0) is 26.7 Å². The van der Waals surface area contributed by atoms with Crippen LogP contribution in [0.1, 0.15) is 72.1 Å². The van der Waals surface area contributed by atoms with Crippen LogP contribution in [0.25, 0.3) is 0 Å². The summed E-state index contributed by atoms with van der Waals surface area (Å²) in [5, 5.41) is 14.3. The molecule has 0 aliphatic rings. The van der Waals surface area contributed by atoms with Crippen molar-refractivity contribution in [3.05, 3.63) is 0 Å². The molecule has 0 spiro atoms. The van der Waals surface area contributed by atoms with E-state index in [4.69, 9.17) is 5.11 Å². The first-order valence-electron chi connectivity index (χ1n) is 7.65. The van der Waals surface area contributed by atoms with Gasteiger partial charge in [0.1, 0.15) is 0 Å². The van der Waals surface area contributed by atoms with Crippen molar-refractivity contribution in [1.82, 2.24) is 10.6 Å². The van der Waals surface area contributed by atoms with E-state index in [-0.39, 0.29) is 12.5 Å². The Morgan fingerprint density at radius 3 is 2.25 bits per heavy atom. The quantitative estimate of drug-likeness (QED) is 0.510. The summed E-state index contributed by atoms with van der Waals surface area (Å²) in [6.07, 6.45) is 7.64. The highest BCUT2D eigenvalue weighted by atomic mass is 16.4. The van der Waals surface area contributed by atoms with Gasteiger partial charge in [0.15, 0.2) is 0 Å². The molecule has 0 heterocycles. The highest BCUT2D eigenvalue weighted by Gasteiger charge is 2.21. The Morgan fingerprint density at radius 2 is 1.65 bits per heavy atom. The van der Waals surface area contributed by atoms with Crippen molar-refractivity contribution in [2.75, 3.05) is 6.54 Å². The molecule has 0 rings (SSSR count). The summed E-state index contributed by atoms with van der Waals surface area (Å²) >= 11 is 0. The van der Waals surface area contributed by atoms with Crippen LogP contribution in [0.15, 0.2) is 0 Å². The predicted octanol–water partition coefficient (Wildman–Crippen LogP) is 3.29. The van der Waals surface area contributed by atoms with E-state index in [1.807, 2.05) is 13.8 Å². The molecule has 0 fully saturated rings. The van der Waals surface area contributed by atoms with Crippen LogP contribution in [-0.4, -0.2) is 29.2 Å². The van der Waals surface area contributed by atoms with E-state index in [1.54, 1.807) is 0 Å². The fourth-order valence-electron chi connectivity index (χ4n) is 1.94. The summed E-state index contributed by atoms with van der Waals surface area (Å²) in [7, 11) is 0. The van der Waals surface area contributed by atoms with Gasteiger partial charge in [-0.2, -0.15) is 0 Å². The minimum atomic E-state index is -0.840. The molecule has 0 bridgehead atoms. The smallest absolute Gasteiger partial charge is 0.315 e. The molecule has 0 unspecified atom stereocenters. The van der Waals surface area contributed by atoms with E-state index in [0.29, 0.717) is 13.0 Å². The summed E-state index contributed by atoms with van der Waals surface area (Å²) in [6.45, 7) is 6.53. The third-order valence-corrected chi connectivity index (χ3v) is 3.23. The maximum atomic E-state index is 11.7. The Kier molecular flexibility index (Phi) is 9.86. The molecule has 0 atom stereocenters. The third-order valence-electron chi connectivity index (χ3n) is 3.23. The Bertz CT molecular complexity index is 291. The first-order chi connectivity index (χ1) is 9.37. The van der Waals surface area contributed by atoms with Crippen molar-refractivity contribution in [2.45, 2.75) is 77.7 Å². The second-order valence-electron chi connectivity index (χ2n) is 5.93. The molecular formula is C15H30N2O3. The Morgan fingerprint density at radius 1 is 1.05 bits per heavy atom. The van der Waals surface area contributed by atoms with Gasteiger partial charge in [0.2, 0.25) is 0 Å². The summed E-state index contributed by atoms with van der Waals surface area (Å²) in [5.74, 6) is -0.840. The van der Waals surface area contributed by atoms with E-state index >= 15 is 0 Å². The third kappa shape index (κ3) is 11.8. The van der Waals surface area contributed by atoms with Gasteiger partial charge in [0.05, 0.1) is 0 Å². The molecule has 2 amide bonds. The highest BCUT2D eigenvalue weighted by Crippen LogP contribution is 2.10. The molecule has 0 aromatic heterocycles. The monoisotopic (exact) mass is 286 g/mol. The van der Waals surface area contributed by atoms with Gasteiger partial charge in [-0.1, -0.05) is 39.0 Å². The highest BCUT2D eigenvalue weighted by molar-refractivity contribution is 5.74. The lowest BCUT2D eigenvalue weighted by atomic mass is 9.99. The topological polar surface area (TPSA) is 78.4 Å². The molecule has 3 N–H and O–H groups in total. The number of nitrogens with one attached hydrogen (secondary N) is 2. The number of rotatable bonds is 11. The number of carbonyl (C=O) groups is 2. The summed E-state index contributed by atoms with van der Waals surface area (Å²) in [5.41, 5.74) is -0.496. The van der Waals surface area contributed by atoms with Crippen LogP contribution in [0.2, 0.25) is 0 Å². The number of carboxylic acids is 1. The van der Waals surface area contributed by atoms with Crippen LogP contribution >= 0.6 is 0 Å². The summed E-state index contributed by atoms with van der Waals surface area (Å²) in [4.78, 5) is 22.2. The van der Waals surface area contributed by atoms with Gasteiger partial charge < -0.3 is 15.7 Å². The largest absolute Gasteiger partial charge is 0.481 e. The Labute approximate surface area is 122 Å². The van der Waals surface area contributed by atoms with E-state index < -0.39 is 11.5 Å². The number of carboxylic acid groups (broad SMARTS) is 1. The second kappa shape index (κ2) is 10.5. The van der Waals surface area contributed by atoms with Crippen LogP contribution in [0.5, 0.6) is 0 Å². The minimum absolute atomic E-state index is 0.0602. The van der Waals surface area contributed by atoms with Crippen molar-refractivity contribution >= 4 is 12.0 Å². The normalized spacial score (nSPS) is 11.2. The van der Waals surface area contributed by atoms with Crippen LogP contribution in [0.4, 0.5) is 4.79 Å². The lowest BCUT2D eigenvalue weighted by Crippen LogP contribution is -2.48. The number of unbranched alkanes of at least 4 members (excludes halogenated alkanes) is 5. The molecule has 0 saturated carbocycles. The molecule has 0 saturated heterocycles. The number of urea groups is 1. The van der Waals surface area contributed by atoms with Gasteiger partial charge in [-0.15, -0.1) is 0 Å². The number of amides is 2. The van der Waals surface area contributed by atoms with Crippen LogP contribution in [0, 0.1) is 0 Å². The zero-order chi connectivity index (χ0) is 15.4. The van der Waals surface area contributed by atoms with Crippen LogP contribution in [-0.2, 0) is 4.79 Å². The second-order valence-corrected chi connectivity index (χ2v) is 5.93. The summed E-state index contributed by atoms with van der Waals surface area (Å²) in [6, 6.07) is -0.214. The standard InChI is InChI=1S/C15H30N2O3/c1-4-5-6-7-8-9-12-16-14(20)17-15(2,3)11-10-13(18)19/h4-12H2,1-3H3,(H,18,19)(H2,16,17,20). The van der Waals surface area contributed by atoms with Crippen molar-refractivity contribution < 1.29 is 14.7 Å². The van der Waals surface area contributed by atoms with Gasteiger partial charge in [-0.3, -0.25) is 4.79 Å². The summed E-state index contributed by atoms with van der Waals surface area (Å²) < 4.78 is 0. The average Bonchev–Trinajstić information content (AvgIpc) is 2.35. The molecule has 0 aromatic rings. The van der Waals surface area contributed by atoms with Crippen LogP contribution in [0.3, 0.4) is 0 Å². The fourth-order valence-corrected chi connectivity index (χ4v) is 1.94. The zero-order valence-corrected chi connectivity index (χ0v) is 13.1. The fraction of sp³-hybridized carbons (Fsp3) is 0.867. The van der Waals surface area contributed by atoms with E-state index in [9.17, 15) is 9.59 Å². The van der Waals surface area contributed by atoms with Crippen molar-refractivity contribution in [1.29, 1.82) is 0 Å². The lowest BCUT2D eigenvalue weighted by molar-refractivity contribution is -0.137. The van der Waals surface area contributed by atoms with Crippen LogP contribution < -0.4 is 10.6 Å². The average molecular weight is 286 g/mol. The predicted molar refractivity (Wildman–Crippen MR) is 80.9 cm³/mol. The Hall–Kier alpha value is -1.26. The zero-order valence-electron chi connectivity index (χ0n) is 13.1. The van der Waals surface area contributed by atoms with Crippen molar-refractivity contribution in [2.24, 2.45) is 0 Å². The molecule has 0 radical (unpaired) electrons. The minimum Gasteiger partial charge on any atom is -0.481 e. The van der Waals surface area contributed by atoms with Crippen molar-refractivity contribution in [3.8, 4) is 0 Å². The number of hydrogen-bond acceptors (Lipinski definition) is 2.